The van der Waals surface area contributed by atoms with Crippen LogP contribution in [0.4, 0.5) is 85.3 Å². The predicted octanol–water partition coefficient (Wildman–Crippen LogP) is 30.9. The van der Waals surface area contributed by atoms with Crippen molar-refractivity contribution >= 4 is 151 Å². The number of benzene rings is 18. The fraction of sp³-hybridized carbons (Fsp3) is 0.0270. The van der Waals surface area contributed by atoms with E-state index in [9.17, 15) is 0 Å². The Balaban J connectivity index is 0.000000153. The lowest BCUT2D eigenvalue weighted by Crippen LogP contribution is -2.14. The lowest BCUT2D eigenvalue weighted by molar-refractivity contribution is 1.16. The van der Waals surface area contributed by atoms with E-state index >= 15 is 0 Å². The van der Waals surface area contributed by atoms with Crippen LogP contribution in [0.15, 0.2) is 455 Å². The molecule has 0 radical (unpaired) electrons. The summed E-state index contributed by atoms with van der Waals surface area (Å²) in [5.74, 6) is 0. The molecule has 18 aromatic carbocycles. The summed E-state index contributed by atoms with van der Waals surface area (Å²) < 4.78 is 7.12. The van der Waals surface area contributed by atoms with Crippen LogP contribution in [-0.2, 0) is 0 Å². The van der Waals surface area contributed by atoms with Crippen LogP contribution in [0.1, 0.15) is 16.7 Å². The molecule has 3 aromatic heterocycles. The first-order valence-electron chi connectivity index (χ1n) is 40.7. The second kappa shape index (κ2) is 31.6. The Morgan fingerprint density at radius 3 is 0.479 bits per heavy atom. The summed E-state index contributed by atoms with van der Waals surface area (Å²) >= 11 is 0. The molecule has 0 saturated carbocycles. The molecule has 0 unspecified atom stereocenters. The van der Waals surface area contributed by atoms with E-state index in [0.29, 0.717) is 0 Å². The zero-order valence-corrected chi connectivity index (χ0v) is 66.4. The van der Waals surface area contributed by atoms with Crippen molar-refractivity contribution in [2.24, 2.45) is 0 Å². The molecule has 119 heavy (non-hydrogen) atoms. The van der Waals surface area contributed by atoms with Gasteiger partial charge in [0.25, 0.3) is 0 Å². The van der Waals surface area contributed by atoms with E-state index in [0.717, 1.165) is 102 Å². The van der Waals surface area contributed by atoms with Gasteiger partial charge in [-0.25, -0.2) is 0 Å². The Hall–Kier alpha value is -15.6. The minimum Gasteiger partial charge on any atom is -0.310 e. The van der Waals surface area contributed by atoms with Gasteiger partial charge in [-0.3, -0.25) is 0 Å². The van der Waals surface area contributed by atoms with E-state index < -0.39 is 0 Å². The summed E-state index contributed by atoms with van der Waals surface area (Å²) in [4.78, 5) is 11.7. The second-order valence-corrected chi connectivity index (χ2v) is 30.4. The van der Waals surface area contributed by atoms with Gasteiger partial charge in [0, 0.05) is 135 Å². The fourth-order valence-electron chi connectivity index (χ4n) is 17.4. The lowest BCUT2D eigenvalue weighted by atomic mass is 10.1. The number of rotatable bonds is 18. The predicted molar refractivity (Wildman–Crippen MR) is 504 cm³/mol. The van der Waals surface area contributed by atoms with Crippen molar-refractivity contribution in [3.8, 4) is 17.1 Å². The van der Waals surface area contributed by atoms with Crippen LogP contribution < -0.4 is 24.5 Å². The largest absolute Gasteiger partial charge is 0.310 e. The SMILES string of the molecule is Cc1cccc(N(c2ccccc2)c2ccc(N(c3ccc(N(c4ccccc4)c4cccc(C)c4)cc3)c3ccc(N(c4ccccc4)c4cccc(C)c4)cc3)cc2)c1.c1ccc2c(c1)c1ccccc1n2-c1ccc(N(c2ccc(-n3c4ccccc4c4ccccc43)cc2)c2ccc(-n3c4ccccc4c4ccccc43)cc2)cc1. The molecule has 0 atom stereocenters. The average Bonchev–Trinajstić information content (AvgIpc) is 1.58. The molecule has 0 bridgehead atoms. The fourth-order valence-corrected chi connectivity index (χ4v) is 17.4. The van der Waals surface area contributed by atoms with Gasteiger partial charge in [0.2, 0.25) is 0 Å². The molecule has 0 amide bonds. The maximum absolute atomic E-state index is 2.37. The van der Waals surface area contributed by atoms with Gasteiger partial charge >= 0.3 is 0 Å². The number of hydrogen-bond donors (Lipinski definition) is 0. The minimum atomic E-state index is 1.05. The quantitative estimate of drug-likeness (QED) is 0.0855. The van der Waals surface area contributed by atoms with Crippen molar-refractivity contribution < 1.29 is 0 Å². The minimum absolute atomic E-state index is 1.05. The highest BCUT2D eigenvalue weighted by molar-refractivity contribution is 6.11. The zero-order valence-electron chi connectivity index (χ0n) is 66.4. The maximum Gasteiger partial charge on any atom is 0.0541 e. The van der Waals surface area contributed by atoms with E-state index in [4.69, 9.17) is 0 Å². The Morgan fingerprint density at radius 1 is 0.134 bits per heavy atom. The van der Waals surface area contributed by atoms with Crippen LogP contribution in [0.2, 0.25) is 0 Å². The molecule has 0 aliphatic carbocycles. The number of hydrogen-bond acceptors (Lipinski definition) is 5. The van der Waals surface area contributed by atoms with Crippen LogP contribution in [0.3, 0.4) is 0 Å². The number of aromatic nitrogens is 3. The standard InChI is InChI=1S/C57H48N4.C54H36N4/c1-43-16-13-25-55(40-43)59(46-19-7-4-8-20-46)52-34-28-49(29-35-52)58(50-30-36-53(37-31-50)60(47-21-9-5-10-22-47)56-26-14-17-44(2)41-56)51-32-38-54(39-33-51)61(48-23-11-6-12-24-48)57-27-15-18-45(3)42-57;1-7-19-49-43(13-1)44-14-2-8-20-50(44)56(49)40-31-25-37(26-32-40)55(38-27-33-41(34-28-38)57-51-21-9-3-15-45(51)46-16-4-10-22-52(46)57)39-29-35-42(36-30-39)58-53-23-11-5-17-47(53)48-18-6-12-24-54(48)58/h4-42H,1-3H3;1-36H. The molecule has 8 nitrogen and oxygen atoms in total. The van der Waals surface area contributed by atoms with Crippen LogP contribution in [-0.4, -0.2) is 13.7 Å². The molecule has 0 fully saturated rings. The molecule has 0 aliphatic rings. The molecule has 0 N–H and O–H groups in total. The van der Waals surface area contributed by atoms with Gasteiger partial charge in [0.15, 0.2) is 0 Å². The van der Waals surface area contributed by atoms with E-state index in [1.54, 1.807) is 0 Å². The van der Waals surface area contributed by atoms with Gasteiger partial charge in [-0.15, -0.1) is 0 Å². The molecular weight excluding hydrogens is 1450 g/mol. The summed E-state index contributed by atoms with van der Waals surface area (Å²) in [5.41, 5.74) is 30.6. The molecule has 0 spiro atoms. The van der Waals surface area contributed by atoms with Gasteiger partial charge in [-0.05, 0) is 292 Å². The van der Waals surface area contributed by atoms with Crippen molar-refractivity contribution in [1.82, 2.24) is 13.7 Å². The second-order valence-electron chi connectivity index (χ2n) is 30.4. The van der Waals surface area contributed by atoms with Crippen molar-refractivity contribution in [3.05, 3.63) is 472 Å². The van der Waals surface area contributed by atoms with Gasteiger partial charge < -0.3 is 38.2 Å². The summed E-state index contributed by atoms with van der Waals surface area (Å²) in [6.07, 6.45) is 0. The van der Waals surface area contributed by atoms with Gasteiger partial charge in [-0.1, -0.05) is 200 Å². The Bertz CT molecular complexity index is 6330. The smallest absolute Gasteiger partial charge is 0.0541 e. The van der Waals surface area contributed by atoms with Crippen LogP contribution in [0, 0.1) is 20.8 Å². The zero-order chi connectivity index (χ0) is 79.7. The molecule has 0 aliphatic heterocycles. The summed E-state index contributed by atoms with van der Waals surface area (Å²) in [5, 5.41) is 7.56. The highest BCUT2D eigenvalue weighted by Gasteiger charge is 2.23. The molecule has 8 heteroatoms. The van der Waals surface area contributed by atoms with E-state index in [1.807, 2.05) is 0 Å². The first-order valence-corrected chi connectivity index (χ1v) is 40.7. The van der Waals surface area contributed by atoms with Gasteiger partial charge in [0.1, 0.15) is 0 Å². The third-order valence-electron chi connectivity index (χ3n) is 22.8. The van der Waals surface area contributed by atoms with Crippen molar-refractivity contribution in [2.45, 2.75) is 20.8 Å². The van der Waals surface area contributed by atoms with Crippen LogP contribution in [0.5, 0.6) is 0 Å². The maximum atomic E-state index is 2.37. The highest BCUT2D eigenvalue weighted by Crippen LogP contribution is 2.46. The third-order valence-corrected chi connectivity index (χ3v) is 22.8. The van der Waals surface area contributed by atoms with Crippen molar-refractivity contribution in [1.29, 1.82) is 0 Å². The van der Waals surface area contributed by atoms with Gasteiger partial charge in [0.05, 0.1) is 33.1 Å². The Morgan fingerprint density at radius 2 is 0.286 bits per heavy atom. The van der Waals surface area contributed by atoms with Crippen molar-refractivity contribution in [3.63, 3.8) is 0 Å². The van der Waals surface area contributed by atoms with Crippen LogP contribution >= 0.6 is 0 Å². The molecular formula is C111H84N8. The van der Waals surface area contributed by atoms with Crippen LogP contribution in [0.25, 0.3) is 82.5 Å². The molecule has 0 saturated heterocycles. The monoisotopic (exact) mass is 1530 g/mol. The normalized spacial score (nSPS) is 11.3. The van der Waals surface area contributed by atoms with Crippen molar-refractivity contribution in [2.75, 3.05) is 24.5 Å². The molecule has 3 heterocycles. The topological polar surface area (TPSA) is 31.0 Å². The number of anilines is 15. The highest BCUT2D eigenvalue weighted by atomic mass is 15.2. The molecule has 21 rings (SSSR count). The molecule has 568 valence electrons. The van der Waals surface area contributed by atoms with Gasteiger partial charge in [-0.2, -0.15) is 0 Å². The van der Waals surface area contributed by atoms with E-state index in [1.165, 1.54) is 82.1 Å². The first kappa shape index (κ1) is 72.3. The lowest BCUT2D eigenvalue weighted by Gasteiger charge is -2.30. The van der Waals surface area contributed by atoms with E-state index in [2.05, 4.69) is 514 Å². The Kier molecular flexibility index (Phi) is 19.2. The van der Waals surface area contributed by atoms with E-state index in [-0.39, 0.29) is 0 Å². The number of fused-ring (bicyclic) bond motifs is 9. The summed E-state index contributed by atoms with van der Waals surface area (Å²) in [6, 6.07) is 164. The number of para-hydroxylation sites is 9. The summed E-state index contributed by atoms with van der Waals surface area (Å²) in [6.45, 7) is 6.43. The number of aryl methyl sites for hydroxylation is 3. The average molecular weight is 1530 g/mol. The Labute approximate surface area is 693 Å². The summed E-state index contributed by atoms with van der Waals surface area (Å²) in [7, 11) is 0. The first-order chi connectivity index (χ1) is 58.8. The molecule has 21 aromatic rings. The number of nitrogens with zero attached hydrogens (tertiary/aromatic N) is 8. The third kappa shape index (κ3) is 13.9.